The van der Waals surface area contributed by atoms with Gasteiger partial charge in [-0.3, -0.25) is 9.67 Å². The maximum Gasteiger partial charge on any atom is 0.208 e. The molecule has 0 aromatic carbocycles. The minimum atomic E-state index is -3.18. The van der Waals surface area contributed by atoms with Crippen LogP contribution in [0.5, 0.6) is 0 Å². The van der Waals surface area contributed by atoms with Gasteiger partial charge in [-0.1, -0.05) is 0 Å². The van der Waals surface area contributed by atoms with Crippen molar-refractivity contribution >= 4 is 40.0 Å². The summed E-state index contributed by atoms with van der Waals surface area (Å²) in [5.41, 5.74) is 1.04. The number of aromatic nitrogens is 2. The highest BCUT2D eigenvalue weighted by Crippen LogP contribution is 2.21. The zero-order chi connectivity index (χ0) is 17.6. The lowest BCUT2D eigenvalue weighted by Gasteiger charge is -2.34. The Kier molecular flexibility index (Phi) is 9.10. The molecule has 0 bridgehead atoms. The van der Waals surface area contributed by atoms with Crippen LogP contribution in [0.1, 0.15) is 18.6 Å². The number of ether oxygens (including phenoxy) is 1. The predicted octanol–water partition coefficient (Wildman–Crippen LogP) is -0.0739. The van der Waals surface area contributed by atoms with Crippen molar-refractivity contribution < 1.29 is 13.2 Å². The molecule has 25 heavy (non-hydrogen) atoms. The van der Waals surface area contributed by atoms with E-state index in [4.69, 9.17) is 4.74 Å². The summed E-state index contributed by atoms with van der Waals surface area (Å²) >= 11 is 0. The van der Waals surface area contributed by atoms with Crippen LogP contribution in [0.25, 0.3) is 0 Å². The van der Waals surface area contributed by atoms with Gasteiger partial charge in [0.25, 0.3) is 0 Å². The Bertz CT molecular complexity index is 663. The second-order valence-corrected chi connectivity index (χ2v) is 7.49. The maximum absolute atomic E-state index is 11.1. The van der Waals surface area contributed by atoms with Crippen LogP contribution in [-0.4, -0.2) is 74.6 Å². The summed E-state index contributed by atoms with van der Waals surface area (Å²) in [4.78, 5) is 6.63. The van der Waals surface area contributed by atoms with Gasteiger partial charge in [0, 0.05) is 38.4 Å². The Labute approximate surface area is 166 Å². The smallest absolute Gasteiger partial charge is 0.208 e. The van der Waals surface area contributed by atoms with E-state index < -0.39 is 10.0 Å². The number of halogens is 1. The highest BCUT2D eigenvalue weighted by molar-refractivity contribution is 14.0. The molecular weight excluding hydrogens is 459 g/mol. The topological polar surface area (TPSA) is 101 Å². The summed E-state index contributed by atoms with van der Waals surface area (Å²) in [6.45, 7) is 5.43. The van der Waals surface area contributed by atoms with E-state index in [0.717, 1.165) is 30.9 Å². The van der Waals surface area contributed by atoms with Crippen molar-refractivity contribution in [1.82, 2.24) is 24.7 Å². The quantitative estimate of drug-likeness (QED) is 0.253. The van der Waals surface area contributed by atoms with Gasteiger partial charge in [0.15, 0.2) is 5.96 Å². The third-order valence-corrected chi connectivity index (χ3v) is 4.26. The molecule has 144 valence electrons. The minimum absolute atomic E-state index is 0. The van der Waals surface area contributed by atoms with Gasteiger partial charge in [-0.2, -0.15) is 5.10 Å². The molecule has 1 atom stereocenters. The van der Waals surface area contributed by atoms with Crippen molar-refractivity contribution in [3.63, 3.8) is 0 Å². The van der Waals surface area contributed by atoms with Crippen molar-refractivity contribution in [2.45, 2.75) is 13.0 Å². The molecule has 9 nitrogen and oxygen atoms in total. The number of guanidine groups is 1. The molecule has 1 aliphatic heterocycles. The molecular formula is C14H27IN6O3S. The van der Waals surface area contributed by atoms with E-state index >= 15 is 0 Å². The molecule has 1 aliphatic rings. The molecule has 0 saturated carbocycles. The van der Waals surface area contributed by atoms with Gasteiger partial charge in [0.05, 0.1) is 32.1 Å². The summed E-state index contributed by atoms with van der Waals surface area (Å²) in [5, 5.41) is 7.44. The van der Waals surface area contributed by atoms with Gasteiger partial charge in [-0.25, -0.2) is 13.1 Å². The van der Waals surface area contributed by atoms with Gasteiger partial charge in [-0.15, -0.1) is 24.0 Å². The fraction of sp³-hybridized carbons (Fsp3) is 0.714. The lowest BCUT2D eigenvalue weighted by atomic mass is 10.1. The molecule has 2 N–H and O–H groups in total. The average Bonchev–Trinajstić information content (AvgIpc) is 2.96. The van der Waals surface area contributed by atoms with Crippen LogP contribution in [0, 0.1) is 0 Å². The second kappa shape index (κ2) is 10.3. The van der Waals surface area contributed by atoms with E-state index in [9.17, 15) is 8.42 Å². The van der Waals surface area contributed by atoms with Gasteiger partial charge in [0.1, 0.15) is 6.10 Å². The van der Waals surface area contributed by atoms with Crippen LogP contribution >= 0.6 is 24.0 Å². The number of hydrogen-bond donors (Lipinski definition) is 2. The lowest BCUT2D eigenvalue weighted by molar-refractivity contribution is -0.00803. The Balaban J connectivity index is 0.00000312. The first-order valence-corrected chi connectivity index (χ1v) is 9.86. The van der Waals surface area contributed by atoms with E-state index in [1.165, 1.54) is 0 Å². The highest BCUT2D eigenvalue weighted by Gasteiger charge is 2.25. The Hall–Kier alpha value is -0.920. The average molecular weight is 486 g/mol. The van der Waals surface area contributed by atoms with E-state index in [2.05, 4.69) is 25.0 Å². The SMILES string of the molecule is CCNC(=NCCNS(C)(=O)=O)N1CCOC(c2cnn(C)c2)C1.I. The molecule has 0 aliphatic carbocycles. The number of morpholine rings is 1. The fourth-order valence-corrected chi connectivity index (χ4v) is 2.93. The number of sulfonamides is 1. The highest BCUT2D eigenvalue weighted by atomic mass is 127. The molecule has 1 saturated heterocycles. The maximum atomic E-state index is 11.1. The lowest BCUT2D eigenvalue weighted by Crippen LogP contribution is -2.48. The zero-order valence-electron chi connectivity index (χ0n) is 14.8. The first-order valence-electron chi connectivity index (χ1n) is 7.97. The molecule has 1 aromatic heterocycles. The third-order valence-electron chi connectivity index (χ3n) is 3.54. The van der Waals surface area contributed by atoms with Crippen LogP contribution < -0.4 is 10.0 Å². The molecule has 2 heterocycles. The van der Waals surface area contributed by atoms with Crippen molar-refractivity contribution in [1.29, 1.82) is 0 Å². The zero-order valence-corrected chi connectivity index (χ0v) is 18.0. The summed E-state index contributed by atoms with van der Waals surface area (Å²) in [6.07, 6.45) is 4.86. The molecule has 0 radical (unpaired) electrons. The normalized spacial score (nSPS) is 18.8. The number of rotatable bonds is 6. The number of nitrogens with zero attached hydrogens (tertiary/aromatic N) is 4. The van der Waals surface area contributed by atoms with E-state index in [-0.39, 0.29) is 36.6 Å². The Morgan fingerprint density at radius 1 is 1.52 bits per heavy atom. The summed E-state index contributed by atoms with van der Waals surface area (Å²) in [5.74, 6) is 0.769. The van der Waals surface area contributed by atoms with Gasteiger partial charge < -0.3 is 15.0 Å². The molecule has 2 rings (SSSR count). The molecule has 1 aromatic rings. The molecule has 1 fully saturated rings. The van der Waals surface area contributed by atoms with Crippen molar-refractivity contribution in [2.24, 2.45) is 12.0 Å². The largest absolute Gasteiger partial charge is 0.370 e. The predicted molar refractivity (Wildman–Crippen MR) is 108 cm³/mol. The Morgan fingerprint density at radius 3 is 2.88 bits per heavy atom. The van der Waals surface area contributed by atoms with Crippen LogP contribution in [0.3, 0.4) is 0 Å². The molecule has 1 unspecified atom stereocenters. The molecule has 0 amide bonds. The molecule has 11 heteroatoms. The summed E-state index contributed by atoms with van der Waals surface area (Å²) in [6, 6.07) is 0. The van der Waals surface area contributed by atoms with Crippen LogP contribution in [0.2, 0.25) is 0 Å². The summed E-state index contributed by atoms with van der Waals surface area (Å²) < 4.78 is 32.2. The van der Waals surface area contributed by atoms with Crippen molar-refractivity contribution in [3.05, 3.63) is 18.0 Å². The van der Waals surface area contributed by atoms with Crippen LogP contribution in [0.4, 0.5) is 0 Å². The van der Waals surface area contributed by atoms with Crippen molar-refractivity contribution in [3.8, 4) is 0 Å². The fourth-order valence-electron chi connectivity index (χ4n) is 2.47. The number of hydrogen-bond acceptors (Lipinski definition) is 5. The van der Waals surface area contributed by atoms with Crippen LogP contribution in [0.15, 0.2) is 17.4 Å². The third kappa shape index (κ3) is 7.46. The van der Waals surface area contributed by atoms with Crippen molar-refractivity contribution in [2.75, 3.05) is 45.6 Å². The Morgan fingerprint density at radius 2 is 2.28 bits per heavy atom. The summed E-state index contributed by atoms with van der Waals surface area (Å²) in [7, 11) is -1.30. The van der Waals surface area contributed by atoms with E-state index in [1.54, 1.807) is 4.68 Å². The van der Waals surface area contributed by atoms with Gasteiger partial charge in [0.2, 0.25) is 10.0 Å². The van der Waals surface area contributed by atoms with Gasteiger partial charge in [-0.05, 0) is 6.92 Å². The minimum Gasteiger partial charge on any atom is -0.370 e. The standard InChI is InChI=1S/C14H26N6O3S.HI/c1-4-15-14(16-5-6-18-24(3,21)22)20-7-8-23-13(11-20)12-9-17-19(2)10-12;/h9-10,13,18H,4-8,11H2,1-3H3,(H,15,16);1H. The number of aryl methyl sites for hydroxylation is 1. The number of aliphatic imine (C=N–C) groups is 1. The number of nitrogens with one attached hydrogen (secondary N) is 2. The van der Waals surface area contributed by atoms with E-state index in [0.29, 0.717) is 19.7 Å². The first kappa shape index (κ1) is 22.1. The van der Waals surface area contributed by atoms with Crippen LogP contribution in [-0.2, 0) is 21.8 Å². The molecule has 0 spiro atoms. The first-order chi connectivity index (χ1) is 11.4. The monoisotopic (exact) mass is 486 g/mol. The van der Waals surface area contributed by atoms with E-state index in [1.807, 2.05) is 26.4 Å². The second-order valence-electron chi connectivity index (χ2n) is 5.65. The van der Waals surface area contributed by atoms with Gasteiger partial charge >= 0.3 is 0 Å².